The first-order chi connectivity index (χ1) is 15.2. The Kier molecular flexibility index (Phi) is 7.30. The van der Waals surface area contributed by atoms with Gasteiger partial charge in [-0.05, 0) is 23.6 Å². The van der Waals surface area contributed by atoms with E-state index in [0.717, 1.165) is 12.3 Å². The molecule has 4 rings (SSSR count). The van der Waals surface area contributed by atoms with Gasteiger partial charge in [-0.15, -0.1) is 0 Å². The predicted molar refractivity (Wildman–Crippen MR) is 118 cm³/mol. The van der Waals surface area contributed by atoms with Gasteiger partial charge >= 0.3 is 12.1 Å². The summed E-state index contributed by atoms with van der Waals surface area (Å²) in [6.45, 7) is 2.13. The van der Waals surface area contributed by atoms with Gasteiger partial charge in [0.1, 0.15) is 11.9 Å². The van der Waals surface area contributed by atoms with Gasteiger partial charge in [-0.1, -0.05) is 90.5 Å². The summed E-state index contributed by atoms with van der Waals surface area (Å²) in [5.74, 6) is -1.69. The zero-order valence-electron chi connectivity index (χ0n) is 17.4. The van der Waals surface area contributed by atoms with Crippen LogP contribution in [0.4, 0.5) is 13.2 Å². The van der Waals surface area contributed by atoms with Crippen LogP contribution in [-0.4, -0.2) is 23.1 Å². The minimum absolute atomic E-state index is 0.114. The van der Waals surface area contributed by atoms with E-state index in [0.29, 0.717) is 0 Å². The smallest absolute Gasteiger partial charge is 0.475 e. The van der Waals surface area contributed by atoms with Gasteiger partial charge in [0, 0.05) is 6.42 Å². The molecule has 1 heterocycles. The van der Waals surface area contributed by atoms with Crippen LogP contribution in [-0.2, 0) is 11.2 Å². The number of nitrogens with one attached hydrogen (secondary N) is 1. The average molecular weight is 440 g/mol. The fraction of sp³-hybridized carbons (Fsp3) is 0.200. The summed E-state index contributed by atoms with van der Waals surface area (Å²) in [4.78, 5) is 13.9. The first-order valence-electron chi connectivity index (χ1n) is 10.0. The lowest BCUT2D eigenvalue weighted by Gasteiger charge is -2.19. The van der Waals surface area contributed by atoms with Gasteiger partial charge in [0.15, 0.2) is 0 Å². The second kappa shape index (κ2) is 10.1. The molecule has 4 nitrogen and oxygen atoms in total. The van der Waals surface area contributed by atoms with Crippen molar-refractivity contribution in [2.24, 2.45) is 4.99 Å². The Morgan fingerprint density at radius 2 is 1.50 bits per heavy atom. The third-order valence-electron chi connectivity index (χ3n) is 4.93. The van der Waals surface area contributed by atoms with Crippen LogP contribution < -0.4 is 5.32 Å². The summed E-state index contributed by atoms with van der Waals surface area (Å²) in [5, 5.41) is 10.8. The molecular formula is C25H23F3N2O2. The molecule has 166 valence electrons. The Hall–Kier alpha value is -3.61. The third kappa shape index (κ3) is 6.20. The van der Waals surface area contributed by atoms with Gasteiger partial charge < -0.3 is 10.4 Å². The average Bonchev–Trinajstić information content (AvgIpc) is 3.18. The quantitative estimate of drug-likeness (QED) is 0.551. The molecule has 0 unspecified atom stereocenters. The molecular weight excluding hydrogens is 417 g/mol. The molecule has 0 fully saturated rings. The van der Waals surface area contributed by atoms with Crippen LogP contribution in [0.15, 0.2) is 89.9 Å². The number of benzene rings is 3. The van der Waals surface area contributed by atoms with Crippen molar-refractivity contribution in [1.29, 1.82) is 0 Å². The summed E-state index contributed by atoms with van der Waals surface area (Å²) in [6, 6.07) is 30.1. The summed E-state index contributed by atoms with van der Waals surface area (Å²) in [7, 11) is 0. The Balaban J connectivity index is 0.000000360. The number of aryl methyl sites for hydroxylation is 1. The van der Waals surface area contributed by atoms with Crippen molar-refractivity contribution < 1.29 is 23.1 Å². The molecule has 3 aromatic carbocycles. The van der Waals surface area contributed by atoms with Gasteiger partial charge in [0.25, 0.3) is 0 Å². The Morgan fingerprint density at radius 1 is 0.938 bits per heavy atom. The van der Waals surface area contributed by atoms with Crippen LogP contribution in [0, 0.1) is 6.92 Å². The zero-order chi connectivity index (χ0) is 23.1. The highest BCUT2D eigenvalue weighted by molar-refractivity contribution is 5.87. The fourth-order valence-corrected chi connectivity index (χ4v) is 3.49. The monoisotopic (exact) mass is 440 g/mol. The van der Waals surface area contributed by atoms with Crippen molar-refractivity contribution >= 4 is 11.8 Å². The molecule has 32 heavy (non-hydrogen) atoms. The van der Waals surface area contributed by atoms with E-state index in [4.69, 9.17) is 14.9 Å². The molecule has 7 heteroatoms. The summed E-state index contributed by atoms with van der Waals surface area (Å²) >= 11 is 0. The molecule has 0 bridgehead atoms. The lowest BCUT2D eigenvalue weighted by atomic mass is 9.95. The number of hydrogen-bond acceptors (Lipinski definition) is 3. The molecule has 0 saturated carbocycles. The van der Waals surface area contributed by atoms with Crippen LogP contribution in [0.2, 0.25) is 0 Å². The van der Waals surface area contributed by atoms with Crippen molar-refractivity contribution in [2.45, 2.75) is 31.6 Å². The van der Waals surface area contributed by atoms with E-state index in [2.05, 4.69) is 97.2 Å². The predicted octanol–water partition coefficient (Wildman–Crippen LogP) is 5.66. The lowest BCUT2D eigenvalue weighted by molar-refractivity contribution is -0.192. The normalized spacial score (nSPS) is 17.6. The minimum Gasteiger partial charge on any atom is -0.475 e. The van der Waals surface area contributed by atoms with E-state index in [1.165, 1.54) is 22.3 Å². The molecule has 0 spiro atoms. The summed E-state index contributed by atoms with van der Waals surface area (Å²) in [5.41, 5.74) is 5.12. The van der Waals surface area contributed by atoms with E-state index in [9.17, 15) is 13.2 Å². The second-order valence-corrected chi connectivity index (χ2v) is 7.43. The van der Waals surface area contributed by atoms with Crippen LogP contribution in [0.25, 0.3) is 0 Å². The number of aliphatic carboxylic acids is 1. The topological polar surface area (TPSA) is 61.7 Å². The van der Waals surface area contributed by atoms with Crippen molar-refractivity contribution in [3.05, 3.63) is 107 Å². The third-order valence-corrected chi connectivity index (χ3v) is 4.93. The highest BCUT2D eigenvalue weighted by atomic mass is 19.4. The van der Waals surface area contributed by atoms with Crippen molar-refractivity contribution in [1.82, 2.24) is 5.32 Å². The lowest BCUT2D eigenvalue weighted by Crippen LogP contribution is -2.25. The van der Waals surface area contributed by atoms with E-state index >= 15 is 0 Å². The Bertz CT molecular complexity index is 1070. The molecule has 0 aliphatic carbocycles. The molecule has 1 aliphatic rings. The van der Waals surface area contributed by atoms with Crippen LogP contribution >= 0.6 is 0 Å². The van der Waals surface area contributed by atoms with Crippen molar-refractivity contribution in [2.75, 3.05) is 0 Å². The number of hydrogen-bond donors (Lipinski definition) is 2. The maximum Gasteiger partial charge on any atom is 0.490 e. The van der Waals surface area contributed by atoms with Crippen LogP contribution in [0.3, 0.4) is 0 Å². The maximum atomic E-state index is 10.6. The largest absolute Gasteiger partial charge is 0.490 e. The number of rotatable bonds is 4. The SMILES string of the molecule is Cc1cccc(CC2=N[C@H](c3ccccc3)[C@H](c3ccccc3)N2)c1.O=C(O)C(F)(F)F. The Morgan fingerprint density at radius 3 is 2.03 bits per heavy atom. The highest BCUT2D eigenvalue weighted by Crippen LogP contribution is 2.36. The maximum absolute atomic E-state index is 10.6. The van der Waals surface area contributed by atoms with E-state index in [1.54, 1.807) is 0 Å². The number of carboxylic acids is 1. The van der Waals surface area contributed by atoms with Gasteiger partial charge in [-0.25, -0.2) is 4.79 Å². The fourth-order valence-electron chi connectivity index (χ4n) is 3.49. The molecule has 2 atom stereocenters. The van der Waals surface area contributed by atoms with Gasteiger partial charge in [0.05, 0.1) is 6.04 Å². The number of amidine groups is 1. The van der Waals surface area contributed by atoms with Gasteiger partial charge in [-0.2, -0.15) is 13.2 Å². The van der Waals surface area contributed by atoms with Gasteiger partial charge in [-0.3, -0.25) is 4.99 Å². The summed E-state index contributed by atoms with van der Waals surface area (Å²) < 4.78 is 31.7. The van der Waals surface area contributed by atoms with Crippen molar-refractivity contribution in [3.63, 3.8) is 0 Å². The highest BCUT2D eigenvalue weighted by Gasteiger charge is 2.38. The number of halogens is 3. The molecule has 3 aromatic rings. The van der Waals surface area contributed by atoms with E-state index < -0.39 is 12.1 Å². The Labute approximate surface area is 184 Å². The van der Waals surface area contributed by atoms with Crippen LogP contribution in [0.5, 0.6) is 0 Å². The second-order valence-electron chi connectivity index (χ2n) is 7.43. The first-order valence-corrected chi connectivity index (χ1v) is 10.0. The summed E-state index contributed by atoms with van der Waals surface area (Å²) in [6.07, 6.45) is -4.24. The standard InChI is InChI=1S/C23H22N2.C2HF3O2/c1-17-9-8-10-18(15-17)16-21-24-22(19-11-4-2-5-12-19)23(25-21)20-13-6-3-7-14-20;3-2(4,5)1(6)7/h2-15,22-23H,16H2,1H3,(H,24,25);(H,6,7)/t22-,23+;. The van der Waals surface area contributed by atoms with Crippen molar-refractivity contribution in [3.8, 4) is 0 Å². The number of carboxylic acid groups (broad SMARTS) is 1. The molecule has 2 N–H and O–H groups in total. The van der Waals surface area contributed by atoms with E-state index in [-0.39, 0.29) is 12.1 Å². The van der Waals surface area contributed by atoms with Crippen LogP contribution in [0.1, 0.15) is 34.3 Å². The zero-order valence-corrected chi connectivity index (χ0v) is 17.4. The molecule has 0 aromatic heterocycles. The van der Waals surface area contributed by atoms with E-state index in [1.807, 2.05) is 0 Å². The number of aliphatic imine (C=N–C) groups is 1. The number of alkyl halides is 3. The molecule has 0 amide bonds. The number of nitrogens with zero attached hydrogens (tertiary/aromatic N) is 1. The molecule has 0 saturated heterocycles. The minimum atomic E-state index is -5.08. The molecule has 0 radical (unpaired) electrons. The molecule has 1 aliphatic heterocycles. The first kappa shape index (κ1) is 23.1. The number of carbonyl (C=O) groups is 1. The van der Waals surface area contributed by atoms with Gasteiger partial charge in [0.2, 0.25) is 0 Å².